The zero-order chi connectivity index (χ0) is 16.7. The van der Waals surface area contributed by atoms with Gasteiger partial charge in [0.1, 0.15) is 0 Å². The van der Waals surface area contributed by atoms with Crippen LogP contribution in [0.4, 0.5) is 0 Å². The Kier molecular flexibility index (Phi) is 9.65. The molecule has 1 aliphatic heterocycles. The van der Waals surface area contributed by atoms with Gasteiger partial charge in [0.05, 0.1) is 0 Å². The first-order chi connectivity index (χ1) is 11.1. The minimum atomic E-state index is -0.0546. The van der Waals surface area contributed by atoms with Crippen LogP contribution >= 0.6 is 39.9 Å². The van der Waals surface area contributed by atoms with Gasteiger partial charge in [-0.3, -0.25) is 9.79 Å². The molecule has 1 aliphatic rings. The zero-order valence-corrected chi connectivity index (χ0v) is 18.1. The van der Waals surface area contributed by atoms with E-state index in [4.69, 9.17) is 0 Å². The number of hydrogen-bond acceptors (Lipinski definition) is 2. The summed E-state index contributed by atoms with van der Waals surface area (Å²) >= 11 is 3.36. The summed E-state index contributed by atoms with van der Waals surface area (Å²) in [4.78, 5) is 18.6. The Labute approximate surface area is 169 Å². The molecule has 0 atom stereocenters. The fourth-order valence-electron chi connectivity index (χ4n) is 2.61. The predicted molar refractivity (Wildman–Crippen MR) is 113 cm³/mol. The van der Waals surface area contributed by atoms with Gasteiger partial charge in [0.15, 0.2) is 5.96 Å². The molecule has 7 heteroatoms. The Bertz CT molecular complexity index is 542. The molecular formula is C17H26BrIN4O. The molecule has 2 rings (SSSR count). The summed E-state index contributed by atoms with van der Waals surface area (Å²) in [7, 11) is 1.81. The first-order valence-corrected chi connectivity index (χ1v) is 8.89. The highest BCUT2D eigenvalue weighted by Crippen LogP contribution is 2.15. The zero-order valence-electron chi connectivity index (χ0n) is 14.2. The molecule has 5 nitrogen and oxygen atoms in total. The molecule has 1 saturated heterocycles. The molecule has 1 aromatic carbocycles. The molecule has 2 N–H and O–H groups in total. The monoisotopic (exact) mass is 508 g/mol. The minimum absolute atomic E-state index is 0. The highest BCUT2D eigenvalue weighted by Gasteiger charge is 2.18. The molecule has 1 heterocycles. The third-order valence-corrected chi connectivity index (χ3v) is 4.62. The van der Waals surface area contributed by atoms with Crippen LogP contribution in [0, 0.1) is 5.92 Å². The number of hydrogen-bond donors (Lipinski definition) is 2. The van der Waals surface area contributed by atoms with Gasteiger partial charge in [0, 0.05) is 43.3 Å². The SMILES string of the molecule is CN=C(NCCNC(=O)c1ccc(Br)cc1)N1CCC(C)CC1.I. The van der Waals surface area contributed by atoms with Gasteiger partial charge in [0.2, 0.25) is 0 Å². The highest BCUT2D eigenvalue weighted by molar-refractivity contribution is 14.0. The van der Waals surface area contributed by atoms with Crippen LogP contribution in [0.3, 0.4) is 0 Å². The van der Waals surface area contributed by atoms with Crippen LogP contribution in [0.15, 0.2) is 33.7 Å². The average Bonchev–Trinajstić information content (AvgIpc) is 2.56. The van der Waals surface area contributed by atoms with Crippen LogP contribution in [0.25, 0.3) is 0 Å². The van der Waals surface area contributed by atoms with Gasteiger partial charge in [-0.25, -0.2) is 0 Å². The molecule has 1 fully saturated rings. The van der Waals surface area contributed by atoms with Crippen LogP contribution in [-0.4, -0.2) is 50.0 Å². The van der Waals surface area contributed by atoms with Gasteiger partial charge < -0.3 is 15.5 Å². The molecule has 134 valence electrons. The Morgan fingerprint density at radius 2 is 1.79 bits per heavy atom. The quantitative estimate of drug-likeness (QED) is 0.284. The number of nitrogens with one attached hydrogen (secondary N) is 2. The molecular weight excluding hydrogens is 483 g/mol. The maximum Gasteiger partial charge on any atom is 0.251 e. The number of benzene rings is 1. The van der Waals surface area contributed by atoms with Crippen LogP contribution in [0.1, 0.15) is 30.1 Å². The normalized spacial score (nSPS) is 15.6. The van der Waals surface area contributed by atoms with E-state index in [0.717, 1.165) is 29.4 Å². The van der Waals surface area contributed by atoms with E-state index in [0.29, 0.717) is 18.7 Å². The number of likely N-dealkylation sites (tertiary alicyclic amines) is 1. The highest BCUT2D eigenvalue weighted by atomic mass is 127. The van der Waals surface area contributed by atoms with Gasteiger partial charge >= 0.3 is 0 Å². The van der Waals surface area contributed by atoms with Crippen molar-refractivity contribution in [2.24, 2.45) is 10.9 Å². The molecule has 0 aliphatic carbocycles. The lowest BCUT2D eigenvalue weighted by atomic mass is 10.00. The van der Waals surface area contributed by atoms with E-state index < -0.39 is 0 Å². The van der Waals surface area contributed by atoms with Crippen molar-refractivity contribution in [2.45, 2.75) is 19.8 Å². The van der Waals surface area contributed by atoms with Crippen molar-refractivity contribution in [3.63, 3.8) is 0 Å². The molecule has 1 amide bonds. The summed E-state index contributed by atoms with van der Waals surface area (Å²) in [5, 5.41) is 6.24. The Morgan fingerprint density at radius 1 is 1.21 bits per heavy atom. The van der Waals surface area contributed by atoms with Gasteiger partial charge in [0.25, 0.3) is 5.91 Å². The van der Waals surface area contributed by atoms with Crippen LogP contribution in [-0.2, 0) is 0 Å². The van der Waals surface area contributed by atoms with Crippen molar-refractivity contribution in [3.05, 3.63) is 34.3 Å². The van der Waals surface area contributed by atoms with Gasteiger partial charge in [-0.05, 0) is 43.0 Å². The summed E-state index contributed by atoms with van der Waals surface area (Å²) in [6.07, 6.45) is 2.42. The van der Waals surface area contributed by atoms with E-state index in [9.17, 15) is 4.79 Å². The number of carbonyl (C=O) groups is 1. The van der Waals surface area contributed by atoms with Crippen LogP contribution in [0.5, 0.6) is 0 Å². The Hall–Kier alpha value is -0.830. The van der Waals surface area contributed by atoms with Gasteiger partial charge in [-0.2, -0.15) is 0 Å². The molecule has 0 spiro atoms. The molecule has 0 unspecified atom stereocenters. The lowest BCUT2D eigenvalue weighted by Gasteiger charge is -2.32. The number of guanidine groups is 1. The second-order valence-electron chi connectivity index (χ2n) is 5.91. The van der Waals surface area contributed by atoms with E-state index in [2.05, 4.69) is 43.4 Å². The number of nitrogens with zero attached hydrogens (tertiary/aromatic N) is 2. The van der Waals surface area contributed by atoms with E-state index in [1.54, 1.807) is 19.2 Å². The summed E-state index contributed by atoms with van der Waals surface area (Å²) in [5.74, 6) is 1.67. The topological polar surface area (TPSA) is 56.7 Å². The lowest BCUT2D eigenvalue weighted by molar-refractivity contribution is 0.0954. The summed E-state index contributed by atoms with van der Waals surface area (Å²) in [5.41, 5.74) is 0.669. The minimum Gasteiger partial charge on any atom is -0.354 e. The van der Waals surface area contributed by atoms with Crippen molar-refractivity contribution < 1.29 is 4.79 Å². The smallest absolute Gasteiger partial charge is 0.251 e. The van der Waals surface area contributed by atoms with E-state index in [1.807, 2.05) is 12.1 Å². The fourth-order valence-corrected chi connectivity index (χ4v) is 2.87. The Morgan fingerprint density at radius 3 is 2.38 bits per heavy atom. The number of rotatable bonds is 4. The first kappa shape index (κ1) is 21.2. The Balaban J connectivity index is 0.00000288. The molecule has 0 saturated carbocycles. The maximum atomic E-state index is 12.0. The number of piperidine rings is 1. The largest absolute Gasteiger partial charge is 0.354 e. The average molecular weight is 509 g/mol. The second-order valence-corrected chi connectivity index (χ2v) is 6.82. The van der Waals surface area contributed by atoms with Gasteiger partial charge in [-0.15, -0.1) is 24.0 Å². The van der Waals surface area contributed by atoms with Crippen molar-refractivity contribution in [1.29, 1.82) is 0 Å². The van der Waals surface area contributed by atoms with Crippen molar-refractivity contribution in [3.8, 4) is 0 Å². The predicted octanol–water partition coefficient (Wildman–Crippen LogP) is 3.10. The maximum absolute atomic E-state index is 12.0. The van der Waals surface area contributed by atoms with Crippen molar-refractivity contribution in [1.82, 2.24) is 15.5 Å². The third-order valence-electron chi connectivity index (χ3n) is 4.10. The van der Waals surface area contributed by atoms with Gasteiger partial charge in [-0.1, -0.05) is 22.9 Å². The molecule has 0 aromatic heterocycles. The molecule has 1 aromatic rings. The number of amides is 1. The first-order valence-electron chi connectivity index (χ1n) is 8.09. The fraction of sp³-hybridized carbons (Fsp3) is 0.529. The molecule has 24 heavy (non-hydrogen) atoms. The van der Waals surface area contributed by atoms with Crippen molar-refractivity contribution in [2.75, 3.05) is 33.2 Å². The summed E-state index contributed by atoms with van der Waals surface area (Å²) < 4.78 is 0.968. The number of aliphatic imine (C=N–C) groups is 1. The number of carbonyl (C=O) groups excluding carboxylic acids is 1. The summed E-state index contributed by atoms with van der Waals surface area (Å²) in [6, 6.07) is 7.35. The van der Waals surface area contributed by atoms with E-state index in [-0.39, 0.29) is 29.9 Å². The van der Waals surface area contributed by atoms with Crippen molar-refractivity contribution >= 4 is 51.8 Å². The van der Waals surface area contributed by atoms with Crippen LogP contribution < -0.4 is 10.6 Å². The second kappa shape index (κ2) is 10.9. The standard InChI is InChI=1S/C17H25BrN4O.HI/c1-13-7-11-22(12-8-13)17(19-2)21-10-9-20-16(23)14-3-5-15(18)6-4-14;/h3-6,13H,7-12H2,1-2H3,(H,19,21)(H,20,23);1H. The summed E-state index contributed by atoms with van der Waals surface area (Å²) in [6.45, 7) is 5.63. The van der Waals surface area contributed by atoms with Crippen LogP contribution in [0.2, 0.25) is 0 Å². The molecule has 0 radical (unpaired) electrons. The van der Waals surface area contributed by atoms with E-state index in [1.165, 1.54) is 12.8 Å². The number of halogens is 2. The lowest BCUT2D eigenvalue weighted by Crippen LogP contribution is -2.47. The third kappa shape index (κ3) is 6.58. The van der Waals surface area contributed by atoms with E-state index >= 15 is 0 Å². The molecule has 0 bridgehead atoms.